The summed E-state index contributed by atoms with van der Waals surface area (Å²) in [5.41, 5.74) is 0.486. The van der Waals surface area contributed by atoms with Crippen LogP contribution in [0.25, 0.3) is 0 Å². The van der Waals surface area contributed by atoms with E-state index in [0.717, 1.165) is 22.5 Å². The van der Waals surface area contributed by atoms with Gasteiger partial charge in [-0.3, -0.25) is 4.31 Å². The van der Waals surface area contributed by atoms with Gasteiger partial charge >= 0.3 is 0 Å². The third-order valence-electron chi connectivity index (χ3n) is 5.65. The highest BCUT2D eigenvalue weighted by molar-refractivity contribution is 7.92. The molecule has 7 nitrogen and oxygen atoms in total. The van der Waals surface area contributed by atoms with E-state index in [9.17, 15) is 21.6 Å². The molecule has 0 aliphatic heterocycles. The van der Waals surface area contributed by atoms with Crippen molar-refractivity contribution in [1.82, 2.24) is 20.2 Å². The van der Waals surface area contributed by atoms with Crippen molar-refractivity contribution in [3.05, 3.63) is 101 Å². The molecule has 0 aliphatic rings. The van der Waals surface area contributed by atoms with Crippen LogP contribution in [0, 0.1) is 17.5 Å². The largest absolute Gasteiger partial charge is 0.264 e. The predicted octanol–water partition coefficient (Wildman–Crippen LogP) is 5.33. The van der Waals surface area contributed by atoms with E-state index in [-0.39, 0.29) is 4.90 Å². The lowest BCUT2D eigenvalue weighted by molar-refractivity contribution is 0.552. The highest BCUT2D eigenvalue weighted by Crippen LogP contribution is 2.37. The summed E-state index contributed by atoms with van der Waals surface area (Å²) in [6.45, 7) is 1.98. The first-order valence-corrected chi connectivity index (χ1v) is 12.7. The average molecular weight is 536 g/mol. The number of anilines is 1. The van der Waals surface area contributed by atoms with E-state index in [1.807, 2.05) is 0 Å². The quantitative estimate of drug-likeness (QED) is 0.289. The van der Waals surface area contributed by atoms with E-state index in [1.165, 1.54) is 60.4 Å². The van der Waals surface area contributed by atoms with Gasteiger partial charge in [0.2, 0.25) is 0 Å². The van der Waals surface area contributed by atoms with Crippen LogP contribution in [0.15, 0.2) is 71.9 Å². The molecule has 4 rings (SSSR count). The Kier molecular flexibility index (Phi) is 7.60. The number of tetrazole rings is 1. The average Bonchev–Trinajstić information content (AvgIpc) is 3.35. The molecule has 1 heterocycles. The van der Waals surface area contributed by atoms with Crippen molar-refractivity contribution in [3.63, 3.8) is 0 Å². The number of sulfonamides is 1. The lowest BCUT2D eigenvalue weighted by Gasteiger charge is -2.32. The molecule has 0 bridgehead atoms. The second-order valence-corrected chi connectivity index (χ2v) is 10.3. The molecule has 0 spiro atoms. The van der Waals surface area contributed by atoms with Crippen LogP contribution < -0.4 is 4.31 Å². The third-order valence-corrected chi connectivity index (χ3v) is 7.80. The fourth-order valence-electron chi connectivity index (χ4n) is 3.96. The number of aryl methyl sites for hydroxylation is 2. The standard InChI is InChI=1S/C24H21ClF3N5O2S/c1-16(22-10-6-19(26)13-17(22)3-2-12-32-15-29-30-31-32)33(24-14-20(27)7-11-23(24)28)36(34,35)21-8-4-18(25)5-9-21/h4-11,13-16H,2-3,12H2,1H3. The molecule has 4 aromatic rings. The zero-order valence-electron chi connectivity index (χ0n) is 19.0. The Balaban J connectivity index is 1.78. The molecular weight excluding hydrogens is 515 g/mol. The smallest absolute Gasteiger partial charge is 0.256 e. The molecule has 0 amide bonds. The molecule has 3 aromatic carbocycles. The van der Waals surface area contributed by atoms with Gasteiger partial charge in [-0.05, 0) is 89.8 Å². The number of hydrogen-bond donors (Lipinski definition) is 0. The van der Waals surface area contributed by atoms with Crippen LogP contribution in [0.3, 0.4) is 0 Å². The van der Waals surface area contributed by atoms with E-state index in [1.54, 1.807) is 0 Å². The molecule has 0 saturated carbocycles. The van der Waals surface area contributed by atoms with Gasteiger partial charge in [0, 0.05) is 17.6 Å². The highest BCUT2D eigenvalue weighted by Gasteiger charge is 2.33. The fourth-order valence-corrected chi connectivity index (χ4v) is 5.72. The van der Waals surface area contributed by atoms with Crippen LogP contribution >= 0.6 is 11.6 Å². The fraction of sp³-hybridized carbons (Fsp3) is 0.208. The minimum absolute atomic E-state index is 0.162. The topological polar surface area (TPSA) is 81.0 Å². The molecule has 0 fully saturated rings. The number of aromatic nitrogens is 4. The first-order valence-electron chi connectivity index (χ1n) is 10.9. The van der Waals surface area contributed by atoms with Crippen LogP contribution in [0.1, 0.15) is 30.5 Å². The lowest BCUT2D eigenvalue weighted by Crippen LogP contribution is -2.35. The maximum Gasteiger partial charge on any atom is 0.264 e. The number of halogens is 4. The summed E-state index contributed by atoms with van der Waals surface area (Å²) in [5, 5.41) is 11.2. The molecular formula is C24H21ClF3N5O2S. The zero-order chi connectivity index (χ0) is 25.9. The van der Waals surface area contributed by atoms with E-state index in [2.05, 4.69) is 15.5 Å². The van der Waals surface area contributed by atoms with Crippen molar-refractivity contribution in [2.75, 3.05) is 4.31 Å². The molecule has 12 heteroatoms. The second kappa shape index (κ2) is 10.7. The van der Waals surface area contributed by atoms with Crippen LogP contribution in [0.4, 0.5) is 18.9 Å². The summed E-state index contributed by atoms with van der Waals surface area (Å²) in [6, 6.07) is 10.9. The Labute approximate surface area is 211 Å². The first-order chi connectivity index (χ1) is 17.2. The maximum atomic E-state index is 15.0. The third kappa shape index (κ3) is 5.52. The molecule has 188 valence electrons. The van der Waals surface area contributed by atoms with E-state index in [4.69, 9.17) is 11.6 Å². The Hall–Kier alpha value is -3.44. The second-order valence-electron chi connectivity index (χ2n) is 8.05. The van der Waals surface area contributed by atoms with Crippen LogP contribution in [0.2, 0.25) is 5.02 Å². The van der Waals surface area contributed by atoms with Gasteiger partial charge in [-0.15, -0.1) is 5.10 Å². The van der Waals surface area contributed by atoms with Crippen molar-refractivity contribution >= 4 is 27.3 Å². The Bertz CT molecular complexity index is 1450. The molecule has 1 unspecified atom stereocenters. The van der Waals surface area contributed by atoms with Gasteiger partial charge in [-0.1, -0.05) is 17.7 Å². The van der Waals surface area contributed by atoms with E-state index >= 15 is 0 Å². The highest BCUT2D eigenvalue weighted by atomic mass is 35.5. The molecule has 0 N–H and O–H groups in total. The molecule has 0 saturated heterocycles. The van der Waals surface area contributed by atoms with Crippen LogP contribution in [0.5, 0.6) is 0 Å². The molecule has 36 heavy (non-hydrogen) atoms. The van der Waals surface area contributed by atoms with Crippen molar-refractivity contribution < 1.29 is 21.6 Å². The van der Waals surface area contributed by atoms with Crippen molar-refractivity contribution in [3.8, 4) is 0 Å². The van der Waals surface area contributed by atoms with E-state index in [0.29, 0.717) is 35.5 Å². The summed E-state index contributed by atoms with van der Waals surface area (Å²) in [5.74, 6) is -2.24. The van der Waals surface area contributed by atoms with Crippen LogP contribution in [-0.4, -0.2) is 28.6 Å². The normalized spacial score (nSPS) is 12.5. The molecule has 1 atom stereocenters. The van der Waals surface area contributed by atoms with Crippen molar-refractivity contribution in [2.24, 2.45) is 0 Å². The Morgan fingerprint density at radius 2 is 1.69 bits per heavy atom. The van der Waals surface area contributed by atoms with Gasteiger partial charge in [0.25, 0.3) is 10.0 Å². The van der Waals surface area contributed by atoms with Gasteiger partial charge in [-0.25, -0.2) is 26.3 Å². The molecule has 1 aromatic heterocycles. The zero-order valence-corrected chi connectivity index (χ0v) is 20.6. The number of rotatable bonds is 9. The summed E-state index contributed by atoms with van der Waals surface area (Å²) < 4.78 is 73.2. The van der Waals surface area contributed by atoms with Crippen molar-refractivity contribution in [1.29, 1.82) is 0 Å². The SMILES string of the molecule is CC(c1ccc(F)cc1CCCn1cnnn1)N(c1cc(F)ccc1F)S(=O)(=O)c1ccc(Cl)cc1. The van der Waals surface area contributed by atoms with Crippen molar-refractivity contribution in [2.45, 2.75) is 37.2 Å². The number of hydrogen-bond acceptors (Lipinski definition) is 5. The summed E-state index contributed by atoms with van der Waals surface area (Å²) in [6.07, 6.45) is 2.33. The van der Waals surface area contributed by atoms with Gasteiger partial charge in [0.15, 0.2) is 0 Å². The summed E-state index contributed by atoms with van der Waals surface area (Å²) in [4.78, 5) is -0.162. The molecule has 0 aliphatic carbocycles. The van der Waals surface area contributed by atoms with Crippen LogP contribution in [-0.2, 0) is 23.0 Å². The molecule has 0 radical (unpaired) electrons. The summed E-state index contributed by atoms with van der Waals surface area (Å²) in [7, 11) is -4.40. The minimum Gasteiger partial charge on any atom is -0.256 e. The van der Waals surface area contributed by atoms with Gasteiger partial charge < -0.3 is 0 Å². The lowest BCUT2D eigenvalue weighted by atomic mass is 9.97. The maximum absolute atomic E-state index is 15.0. The monoisotopic (exact) mass is 535 g/mol. The number of nitrogens with zero attached hydrogens (tertiary/aromatic N) is 5. The summed E-state index contributed by atoms with van der Waals surface area (Å²) >= 11 is 5.92. The van der Waals surface area contributed by atoms with E-state index < -0.39 is 39.2 Å². The van der Waals surface area contributed by atoms with Gasteiger partial charge in [0.05, 0.1) is 16.6 Å². The Morgan fingerprint density at radius 1 is 1.00 bits per heavy atom. The minimum atomic E-state index is -4.40. The number of benzene rings is 3. The predicted molar refractivity (Wildman–Crippen MR) is 128 cm³/mol. The Morgan fingerprint density at radius 3 is 2.39 bits per heavy atom. The van der Waals surface area contributed by atoms with Gasteiger partial charge in [0.1, 0.15) is 23.8 Å². The first kappa shape index (κ1) is 25.6. The van der Waals surface area contributed by atoms with Gasteiger partial charge in [-0.2, -0.15) is 0 Å².